The molecule has 2 atom stereocenters. The third-order valence-corrected chi connectivity index (χ3v) is 4.50. The Labute approximate surface area is 143 Å². The minimum atomic E-state index is 0. The van der Waals surface area contributed by atoms with Gasteiger partial charge in [-0.15, -0.1) is 12.4 Å². The molecule has 1 saturated carbocycles. The lowest BCUT2D eigenvalue weighted by Gasteiger charge is -2.06. The number of halogens is 1. The van der Waals surface area contributed by atoms with E-state index in [2.05, 4.69) is 72.8 Å². The van der Waals surface area contributed by atoms with Crippen LogP contribution in [0.25, 0.3) is 22.3 Å². The Morgan fingerprint density at radius 3 is 1.43 bits per heavy atom. The van der Waals surface area contributed by atoms with E-state index in [4.69, 9.17) is 5.73 Å². The maximum absolute atomic E-state index is 5.92. The molecule has 2 heteroatoms. The molecule has 116 valence electrons. The first-order chi connectivity index (χ1) is 10.8. The van der Waals surface area contributed by atoms with E-state index in [-0.39, 0.29) is 12.4 Å². The van der Waals surface area contributed by atoms with Gasteiger partial charge in [-0.3, -0.25) is 0 Å². The first kappa shape index (κ1) is 15.8. The summed E-state index contributed by atoms with van der Waals surface area (Å²) in [7, 11) is 0. The van der Waals surface area contributed by atoms with Crippen LogP contribution in [-0.2, 0) is 0 Å². The molecular weight excluding hydrogens is 302 g/mol. The van der Waals surface area contributed by atoms with Crippen molar-refractivity contribution in [3.8, 4) is 22.3 Å². The SMILES string of the molecule is Cl.N[C@H]1C[C@@H]1c1ccc(-c2ccc(-c3ccccc3)cc2)cc1. The Kier molecular flexibility index (Phi) is 4.51. The lowest BCUT2D eigenvalue weighted by Crippen LogP contribution is -2.00. The normalized spacial score (nSPS) is 19.0. The van der Waals surface area contributed by atoms with Crippen molar-refractivity contribution >= 4 is 12.4 Å². The van der Waals surface area contributed by atoms with Crippen LogP contribution in [0.3, 0.4) is 0 Å². The molecule has 0 heterocycles. The highest BCUT2D eigenvalue weighted by Crippen LogP contribution is 2.39. The Morgan fingerprint density at radius 2 is 1.00 bits per heavy atom. The van der Waals surface area contributed by atoms with Gasteiger partial charge in [0.05, 0.1) is 0 Å². The molecule has 0 aliphatic heterocycles. The molecule has 0 radical (unpaired) electrons. The van der Waals surface area contributed by atoms with Gasteiger partial charge in [0.1, 0.15) is 0 Å². The van der Waals surface area contributed by atoms with Crippen LogP contribution in [0.5, 0.6) is 0 Å². The van der Waals surface area contributed by atoms with E-state index in [1.54, 1.807) is 0 Å². The van der Waals surface area contributed by atoms with Gasteiger partial charge < -0.3 is 5.73 Å². The molecule has 0 spiro atoms. The molecule has 0 amide bonds. The maximum atomic E-state index is 5.92. The summed E-state index contributed by atoms with van der Waals surface area (Å²) in [6.07, 6.45) is 1.13. The van der Waals surface area contributed by atoms with Crippen LogP contribution in [-0.4, -0.2) is 6.04 Å². The van der Waals surface area contributed by atoms with Crippen LogP contribution in [0.4, 0.5) is 0 Å². The van der Waals surface area contributed by atoms with E-state index in [0.717, 1.165) is 6.42 Å². The molecule has 4 rings (SSSR count). The Bertz CT molecular complexity index is 763. The van der Waals surface area contributed by atoms with Crippen LogP contribution in [0, 0.1) is 0 Å². The number of nitrogens with two attached hydrogens (primary N) is 1. The molecule has 3 aromatic carbocycles. The molecule has 0 saturated heterocycles. The molecule has 0 aromatic heterocycles. The highest BCUT2D eigenvalue weighted by Gasteiger charge is 2.34. The minimum absolute atomic E-state index is 0. The number of hydrogen-bond donors (Lipinski definition) is 1. The van der Waals surface area contributed by atoms with Crippen molar-refractivity contribution in [1.82, 2.24) is 0 Å². The van der Waals surface area contributed by atoms with Crippen LogP contribution in [0.1, 0.15) is 17.9 Å². The van der Waals surface area contributed by atoms with Gasteiger partial charge in [-0.2, -0.15) is 0 Å². The molecule has 1 fully saturated rings. The van der Waals surface area contributed by atoms with E-state index < -0.39 is 0 Å². The first-order valence-corrected chi connectivity index (χ1v) is 7.83. The molecule has 1 nitrogen and oxygen atoms in total. The smallest absolute Gasteiger partial charge is 0.0115 e. The average molecular weight is 322 g/mol. The molecule has 2 N–H and O–H groups in total. The fourth-order valence-electron chi connectivity index (χ4n) is 3.01. The summed E-state index contributed by atoms with van der Waals surface area (Å²) in [6.45, 7) is 0. The summed E-state index contributed by atoms with van der Waals surface area (Å²) in [4.78, 5) is 0. The van der Waals surface area contributed by atoms with Crippen molar-refractivity contribution < 1.29 is 0 Å². The Balaban J connectivity index is 0.00000156. The standard InChI is InChI=1S/C21H19N.ClH/c22-21-14-20(21)19-12-10-18(11-13-19)17-8-6-16(7-9-17)15-4-2-1-3-5-15;/h1-13,20-21H,14,22H2;1H/t20-,21+;/m1./s1. The lowest BCUT2D eigenvalue weighted by atomic mass is 9.99. The summed E-state index contributed by atoms with van der Waals surface area (Å²) >= 11 is 0. The van der Waals surface area contributed by atoms with Gasteiger partial charge in [0.25, 0.3) is 0 Å². The predicted octanol–water partition coefficient (Wildman–Crippen LogP) is 5.26. The highest BCUT2D eigenvalue weighted by molar-refractivity contribution is 5.85. The predicted molar refractivity (Wildman–Crippen MR) is 99.9 cm³/mol. The van der Waals surface area contributed by atoms with Gasteiger partial charge in [0, 0.05) is 12.0 Å². The molecular formula is C21H20ClN. The van der Waals surface area contributed by atoms with Gasteiger partial charge >= 0.3 is 0 Å². The Hall–Kier alpha value is -2.09. The van der Waals surface area contributed by atoms with Gasteiger partial charge in [0.2, 0.25) is 0 Å². The first-order valence-electron chi connectivity index (χ1n) is 7.83. The van der Waals surface area contributed by atoms with Crippen LogP contribution in [0.2, 0.25) is 0 Å². The van der Waals surface area contributed by atoms with Crippen LogP contribution in [0.15, 0.2) is 78.9 Å². The number of rotatable bonds is 3. The average Bonchev–Trinajstić information content (AvgIpc) is 3.33. The van der Waals surface area contributed by atoms with Gasteiger partial charge in [0.15, 0.2) is 0 Å². The van der Waals surface area contributed by atoms with Gasteiger partial charge in [-0.1, -0.05) is 78.9 Å². The monoisotopic (exact) mass is 321 g/mol. The van der Waals surface area contributed by atoms with E-state index >= 15 is 0 Å². The summed E-state index contributed by atoms with van der Waals surface area (Å²) in [5.41, 5.74) is 12.3. The maximum Gasteiger partial charge on any atom is 0.0115 e. The molecule has 0 bridgehead atoms. The largest absolute Gasteiger partial charge is 0.327 e. The second-order valence-corrected chi connectivity index (χ2v) is 6.07. The fourth-order valence-corrected chi connectivity index (χ4v) is 3.01. The number of hydrogen-bond acceptors (Lipinski definition) is 1. The van der Waals surface area contributed by atoms with Crippen molar-refractivity contribution in [3.63, 3.8) is 0 Å². The lowest BCUT2D eigenvalue weighted by molar-refractivity contribution is 0.991. The van der Waals surface area contributed by atoms with Crippen LogP contribution < -0.4 is 5.73 Å². The quantitative estimate of drug-likeness (QED) is 0.700. The third kappa shape index (κ3) is 3.31. The second kappa shape index (κ2) is 6.57. The number of benzene rings is 3. The van der Waals surface area contributed by atoms with Crippen molar-refractivity contribution in [2.75, 3.05) is 0 Å². The Morgan fingerprint density at radius 1 is 0.609 bits per heavy atom. The highest BCUT2D eigenvalue weighted by atomic mass is 35.5. The van der Waals surface area contributed by atoms with E-state index in [1.807, 2.05) is 6.07 Å². The van der Waals surface area contributed by atoms with Gasteiger partial charge in [-0.25, -0.2) is 0 Å². The van der Waals surface area contributed by atoms with Crippen molar-refractivity contribution in [3.05, 3.63) is 84.4 Å². The molecule has 3 aromatic rings. The van der Waals surface area contributed by atoms with E-state index in [0.29, 0.717) is 12.0 Å². The summed E-state index contributed by atoms with van der Waals surface area (Å²) in [5.74, 6) is 0.578. The summed E-state index contributed by atoms with van der Waals surface area (Å²) in [6, 6.07) is 28.5. The zero-order valence-corrected chi connectivity index (χ0v) is 13.7. The molecule has 0 unspecified atom stereocenters. The molecule has 23 heavy (non-hydrogen) atoms. The second-order valence-electron chi connectivity index (χ2n) is 6.07. The van der Waals surface area contributed by atoms with E-state index in [1.165, 1.54) is 27.8 Å². The zero-order chi connectivity index (χ0) is 14.9. The topological polar surface area (TPSA) is 26.0 Å². The molecule has 1 aliphatic rings. The fraction of sp³-hybridized carbons (Fsp3) is 0.143. The van der Waals surface area contributed by atoms with E-state index in [9.17, 15) is 0 Å². The summed E-state index contributed by atoms with van der Waals surface area (Å²) in [5, 5.41) is 0. The van der Waals surface area contributed by atoms with Crippen molar-refractivity contribution in [2.24, 2.45) is 5.73 Å². The van der Waals surface area contributed by atoms with Crippen molar-refractivity contribution in [1.29, 1.82) is 0 Å². The summed E-state index contributed by atoms with van der Waals surface area (Å²) < 4.78 is 0. The zero-order valence-electron chi connectivity index (χ0n) is 12.9. The van der Waals surface area contributed by atoms with Crippen LogP contribution >= 0.6 is 12.4 Å². The third-order valence-electron chi connectivity index (χ3n) is 4.50. The van der Waals surface area contributed by atoms with Gasteiger partial charge in [-0.05, 0) is 34.2 Å². The minimum Gasteiger partial charge on any atom is -0.327 e. The molecule has 1 aliphatic carbocycles. The van der Waals surface area contributed by atoms with Crippen molar-refractivity contribution in [2.45, 2.75) is 18.4 Å².